The van der Waals surface area contributed by atoms with Gasteiger partial charge in [-0.1, -0.05) is 0 Å². The minimum absolute atomic E-state index is 0.0136. The molecule has 168 valence electrons. The molecule has 0 spiro atoms. The van der Waals surface area contributed by atoms with E-state index in [9.17, 15) is 18.0 Å². The molecule has 0 bridgehead atoms. The van der Waals surface area contributed by atoms with Crippen LogP contribution in [0.4, 0.5) is 13.2 Å². The fraction of sp³-hybridized carbons (Fsp3) is 0.409. The van der Waals surface area contributed by atoms with E-state index in [-0.39, 0.29) is 35.8 Å². The largest absolute Gasteiger partial charge is 0.486 e. The normalized spacial score (nSPS) is 15.8. The summed E-state index contributed by atoms with van der Waals surface area (Å²) < 4.78 is 59.7. The van der Waals surface area contributed by atoms with Gasteiger partial charge in [0.25, 0.3) is 0 Å². The number of halogens is 3. The van der Waals surface area contributed by atoms with Gasteiger partial charge in [-0.25, -0.2) is 9.67 Å². The number of carbonyl (C=O) groups is 1. The van der Waals surface area contributed by atoms with Gasteiger partial charge in [-0.3, -0.25) is 4.79 Å². The molecule has 1 saturated carbocycles. The first-order valence-corrected chi connectivity index (χ1v) is 10.4. The van der Waals surface area contributed by atoms with E-state index in [2.05, 4.69) is 10.1 Å². The van der Waals surface area contributed by atoms with Gasteiger partial charge in [0.2, 0.25) is 0 Å². The fourth-order valence-electron chi connectivity index (χ4n) is 3.85. The number of carbonyl (C=O) groups excluding carboxylic acids is 1. The van der Waals surface area contributed by atoms with Gasteiger partial charge in [-0.15, -0.1) is 0 Å². The van der Waals surface area contributed by atoms with Crippen LogP contribution < -0.4 is 9.47 Å². The first-order valence-electron chi connectivity index (χ1n) is 10.4. The molecule has 10 heteroatoms. The van der Waals surface area contributed by atoms with Crippen LogP contribution >= 0.6 is 0 Å². The van der Waals surface area contributed by atoms with Gasteiger partial charge in [-0.2, -0.15) is 18.3 Å². The van der Waals surface area contributed by atoms with Crippen molar-refractivity contribution in [3.8, 4) is 22.8 Å². The minimum atomic E-state index is -4.62. The standard InChI is InChI=1S/C22H20F3N3O4/c1-2-30-18(29)11-28-21-19(20(27-28)12-3-4-12)14(22(23,24)25)10-15(26-21)13-5-6-16-17(9-13)32-8-7-31-16/h5-6,9-10,12H,2-4,7-8,11H2,1H3. The van der Waals surface area contributed by atoms with Crippen molar-refractivity contribution in [2.24, 2.45) is 0 Å². The van der Waals surface area contributed by atoms with Crippen LogP contribution in [0, 0.1) is 0 Å². The summed E-state index contributed by atoms with van der Waals surface area (Å²) in [4.78, 5) is 16.6. The summed E-state index contributed by atoms with van der Waals surface area (Å²) in [5.41, 5.74) is 0.0783. The number of hydrogen-bond donors (Lipinski definition) is 0. The van der Waals surface area contributed by atoms with E-state index in [1.807, 2.05) is 0 Å². The number of aromatic nitrogens is 3. The van der Waals surface area contributed by atoms with Gasteiger partial charge in [0.15, 0.2) is 17.1 Å². The number of benzene rings is 1. The van der Waals surface area contributed by atoms with Crippen LogP contribution in [-0.4, -0.2) is 40.6 Å². The Morgan fingerprint density at radius 2 is 1.94 bits per heavy atom. The molecule has 0 amide bonds. The molecule has 5 rings (SSSR count). The van der Waals surface area contributed by atoms with E-state index in [0.29, 0.717) is 36.0 Å². The van der Waals surface area contributed by atoms with Gasteiger partial charge in [0.05, 0.1) is 28.9 Å². The van der Waals surface area contributed by atoms with Crippen molar-refractivity contribution in [1.82, 2.24) is 14.8 Å². The molecule has 1 aromatic carbocycles. The molecular formula is C22H20F3N3O4. The predicted octanol–water partition coefficient (Wildman–Crippen LogP) is 4.33. The number of alkyl halides is 3. The maximum absolute atomic E-state index is 14.1. The summed E-state index contributed by atoms with van der Waals surface area (Å²) in [6.07, 6.45) is -3.11. The Labute approximate surface area is 181 Å². The molecule has 2 aromatic heterocycles. The molecular weight excluding hydrogens is 427 g/mol. The first kappa shape index (κ1) is 20.6. The van der Waals surface area contributed by atoms with Gasteiger partial charge in [-0.05, 0) is 44.0 Å². The van der Waals surface area contributed by atoms with E-state index < -0.39 is 17.7 Å². The SMILES string of the molecule is CCOC(=O)Cn1nc(C2CC2)c2c(C(F)(F)F)cc(-c3ccc4c(c3)OCCO4)nc21. The number of rotatable bonds is 5. The highest BCUT2D eigenvalue weighted by Gasteiger charge is 2.39. The van der Waals surface area contributed by atoms with Gasteiger partial charge >= 0.3 is 12.1 Å². The van der Waals surface area contributed by atoms with Gasteiger partial charge < -0.3 is 14.2 Å². The van der Waals surface area contributed by atoms with Crippen molar-refractivity contribution in [2.75, 3.05) is 19.8 Å². The second kappa shape index (κ2) is 7.68. The van der Waals surface area contributed by atoms with Crippen molar-refractivity contribution in [3.05, 3.63) is 35.5 Å². The van der Waals surface area contributed by atoms with Crippen molar-refractivity contribution >= 4 is 17.0 Å². The van der Waals surface area contributed by atoms with Crippen molar-refractivity contribution < 1.29 is 32.2 Å². The summed E-state index contributed by atoms with van der Waals surface area (Å²) >= 11 is 0. The Balaban J connectivity index is 1.70. The molecule has 32 heavy (non-hydrogen) atoms. The van der Waals surface area contributed by atoms with Crippen molar-refractivity contribution in [2.45, 2.75) is 38.4 Å². The summed E-state index contributed by atoms with van der Waals surface area (Å²) in [6.45, 7) is 2.28. The molecule has 3 heterocycles. The fourth-order valence-corrected chi connectivity index (χ4v) is 3.85. The lowest BCUT2D eigenvalue weighted by molar-refractivity contribution is -0.144. The highest BCUT2D eigenvalue weighted by atomic mass is 19.4. The Morgan fingerprint density at radius 1 is 1.19 bits per heavy atom. The molecule has 1 aliphatic heterocycles. The highest BCUT2D eigenvalue weighted by Crippen LogP contribution is 2.46. The number of esters is 1. The van der Waals surface area contributed by atoms with Crippen LogP contribution in [-0.2, 0) is 22.3 Å². The lowest BCUT2D eigenvalue weighted by Gasteiger charge is -2.19. The number of pyridine rings is 1. The van der Waals surface area contributed by atoms with E-state index in [1.165, 1.54) is 4.68 Å². The summed E-state index contributed by atoms with van der Waals surface area (Å²) in [7, 11) is 0. The Morgan fingerprint density at radius 3 is 2.62 bits per heavy atom. The second-order valence-electron chi connectivity index (χ2n) is 7.73. The molecule has 0 unspecified atom stereocenters. The average molecular weight is 447 g/mol. The van der Waals surface area contributed by atoms with E-state index >= 15 is 0 Å². The molecule has 1 aliphatic carbocycles. The zero-order valence-electron chi connectivity index (χ0n) is 17.2. The Kier molecular flexibility index (Phi) is 4.94. The zero-order valence-corrected chi connectivity index (χ0v) is 17.2. The van der Waals surface area contributed by atoms with Crippen LogP contribution in [0.3, 0.4) is 0 Å². The first-order chi connectivity index (χ1) is 15.3. The number of hydrogen-bond acceptors (Lipinski definition) is 6. The zero-order chi connectivity index (χ0) is 22.5. The van der Waals surface area contributed by atoms with E-state index in [0.717, 1.165) is 18.9 Å². The van der Waals surface area contributed by atoms with Gasteiger partial charge in [0, 0.05) is 11.5 Å². The second-order valence-corrected chi connectivity index (χ2v) is 7.73. The molecule has 0 saturated heterocycles. The van der Waals surface area contributed by atoms with Crippen LogP contribution in [0.5, 0.6) is 11.5 Å². The maximum Gasteiger partial charge on any atom is 0.417 e. The molecule has 0 N–H and O–H groups in total. The average Bonchev–Trinajstić information content (AvgIpc) is 3.55. The molecule has 1 fully saturated rings. The van der Waals surface area contributed by atoms with Gasteiger partial charge in [0.1, 0.15) is 19.8 Å². The highest BCUT2D eigenvalue weighted by molar-refractivity contribution is 5.88. The summed E-state index contributed by atoms with van der Waals surface area (Å²) in [5, 5.41) is 4.31. The third-order valence-corrected chi connectivity index (χ3v) is 5.42. The summed E-state index contributed by atoms with van der Waals surface area (Å²) in [6, 6.07) is 5.93. The monoisotopic (exact) mass is 447 g/mol. The maximum atomic E-state index is 14.1. The van der Waals surface area contributed by atoms with Crippen LogP contribution in [0.15, 0.2) is 24.3 Å². The number of fused-ring (bicyclic) bond motifs is 2. The quantitative estimate of drug-likeness (QED) is 0.542. The van der Waals surface area contributed by atoms with Crippen molar-refractivity contribution in [3.63, 3.8) is 0 Å². The Hall–Kier alpha value is -3.30. The topological polar surface area (TPSA) is 75.5 Å². The van der Waals surface area contributed by atoms with E-state index in [1.54, 1.807) is 25.1 Å². The lowest BCUT2D eigenvalue weighted by Crippen LogP contribution is -2.15. The smallest absolute Gasteiger partial charge is 0.417 e. The molecule has 3 aromatic rings. The van der Waals surface area contributed by atoms with E-state index in [4.69, 9.17) is 14.2 Å². The summed E-state index contributed by atoms with van der Waals surface area (Å²) in [5.74, 6) is 0.326. The van der Waals surface area contributed by atoms with Crippen LogP contribution in [0.1, 0.15) is 36.9 Å². The number of ether oxygens (including phenoxy) is 3. The van der Waals surface area contributed by atoms with Crippen LogP contribution in [0.25, 0.3) is 22.3 Å². The number of nitrogens with zero attached hydrogens (tertiary/aromatic N) is 3. The molecule has 7 nitrogen and oxygen atoms in total. The molecule has 2 aliphatic rings. The minimum Gasteiger partial charge on any atom is -0.486 e. The molecule has 0 atom stereocenters. The third kappa shape index (κ3) is 3.74. The van der Waals surface area contributed by atoms with Crippen molar-refractivity contribution in [1.29, 1.82) is 0 Å². The third-order valence-electron chi connectivity index (χ3n) is 5.42. The lowest BCUT2D eigenvalue weighted by atomic mass is 10.0. The molecule has 0 radical (unpaired) electrons. The predicted molar refractivity (Wildman–Crippen MR) is 108 cm³/mol. The van der Waals surface area contributed by atoms with Crippen LogP contribution in [0.2, 0.25) is 0 Å². The Bertz CT molecular complexity index is 1200.